The fourth-order valence-corrected chi connectivity index (χ4v) is 3.17. The Morgan fingerprint density at radius 1 is 1.50 bits per heavy atom. The van der Waals surface area contributed by atoms with Crippen LogP contribution in [0.1, 0.15) is 31.7 Å². The number of rotatable bonds is 4. The molecule has 1 fully saturated rings. The van der Waals surface area contributed by atoms with E-state index in [1.807, 2.05) is 13.0 Å². The Balaban J connectivity index is 2.31. The van der Waals surface area contributed by atoms with Crippen LogP contribution in [0.2, 0.25) is 0 Å². The SMILES string of the molecule is CCC1CCN(c2cccc([N+](=O)[O-])c2C)C(CN)C1. The molecule has 2 atom stereocenters. The summed E-state index contributed by atoms with van der Waals surface area (Å²) in [5.74, 6) is 0.721. The zero-order valence-corrected chi connectivity index (χ0v) is 12.2. The zero-order chi connectivity index (χ0) is 14.7. The van der Waals surface area contributed by atoms with Gasteiger partial charge in [-0.1, -0.05) is 19.4 Å². The Labute approximate surface area is 119 Å². The second-order valence-electron chi connectivity index (χ2n) is 5.56. The number of hydrogen-bond donors (Lipinski definition) is 1. The molecule has 0 saturated carbocycles. The van der Waals surface area contributed by atoms with Crippen molar-refractivity contribution in [3.8, 4) is 0 Å². The molecule has 2 rings (SSSR count). The number of nitro groups is 1. The summed E-state index contributed by atoms with van der Waals surface area (Å²) in [4.78, 5) is 13.0. The van der Waals surface area contributed by atoms with Gasteiger partial charge in [-0.05, 0) is 31.7 Å². The molecule has 0 spiro atoms. The van der Waals surface area contributed by atoms with E-state index in [1.165, 1.54) is 6.42 Å². The number of anilines is 1. The highest BCUT2D eigenvalue weighted by Crippen LogP contribution is 2.34. The van der Waals surface area contributed by atoms with Gasteiger partial charge in [0.2, 0.25) is 0 Å². The van der Waals surface area contributed by atoms with Crippen molar-refractivity contribution >= 4 is 11.4 Å². The van der Waals surface area contributed by atoms with E-state index in [9.17, 15) is 10.1 Å². The minimum Gasteiger partial charge on any atom is -0.367 e. The Morgan fingerprint density at radius 2 is 2.25 bits per heavy atom. The summed E-state index contributed by atoms with van der Waals surface area (Å²) < 4.78 is 0. The van der Waals surface area contributed by atoms with E-state index in [-0.39, 0.29) is 16.7 Å². The normalized spacial score (nSPS) is 22.9. The van der Waals surface area contributed by atoms with Gasteiger partial charge in [0.1, 0.15) is 0 Å². The first-order chi connectivity index (χ1) is 9.58. The fraction of sp³-hybridized carbons (Fsp3) is 0.600. The van der Waals surface area contributed by atoms with Gasteiger partial charge in [0.15, 0.2) is 0 Å². The molecule has 2 N–H and O–H groups in total. The third-order valence-electron chi connectivity index (χ3n) is 4.46. The fourth-order valence-electron chi connectivity index (χ4n) is 3.17. The van der Waals surface area contributed by atoms with Crippen molar-refractivity contribution in [3.63, 3.8) is 0 Å². The molecule has 5 heteroatoms. The van der Waals surface area contributed by atoms with Crippen molar-refractivity contribution in [1.29, 1.82) is 0 Å². The highest BCUT2D eigenvalue weighted by molar-refractivity contribution is 5.62. The molecule has 1 saturated heterocycles. The molecule has 0 amide bonds. The lowest BCUT2D eigenvalue weighted by molar-refractivity contribution is -0.385. The molecule has 0 aromatic heterocycles. The van der Waals surface area contributed by atoms with Gasteiger partial charge < -0.3 is 10.6 Å². The van der Waals surface area contributed by atoms with E-state index in [0.717, 1.165) is 36.6 Å². The summed E-state index contributed by atoms with van der Waals surface area (Å²) in [6.07, 6.45) is 3.39. The Bertz CT molecular complexity index is 490. The first kappa shape index (κ1) is 14.8. The maximum atomic E-state index is 11.1. The minimum absolute atomic E-state index is 0.191. The Hall–Kier alpha value is -1.62. The largest absolute Gasteiger partial charge is 0.367 e. The molecule has 1 aromatic rings. The smallest absolute Gasteiger partial charge is 0.274 e. The number of nitro benzene ring substituents is 1. The molecule has 110 valence electrons. The van der Waals surface area contributed by atoms with Gasteiger partial charge in [-0.25, -0.2) is 0 Å². The Morgan fingerprint density at radius 3 is 2.85 bits per heavy atom. The van der Waals surface area contributed by atoms with Crippen molar-refractivity contribution < 1.29 is 4.92 Å². The molecule has 0 aliphatic carbocycles. The monoisotopic (exact) mass is 277 g/mol. The molecule has 20 heavy (non-hydrogen) atoms. The number of benzene rings is 1. The van der Waals surface area contributed by atoms with Crippen LogP contribution in [0.3, 0.4) is 0 Å². The summed E-state index contributed by atoms with van der Waals surface area (Å²) in [6.45, 7) is 5.57. The second kappa shape index (κ2) is 6.22. The van der Waals surface area contributed by atoms with Gasteiger partial charge >= 0.3 is 0 Å². The van der Waals surface area contributed by atoms with Crippen LogP contribution in [-0.4, -0.2) is 24.1 Å². The van der Waals surface area contributed by atoms with Gasteiger partial charge in [0.25, 0.3) is 5.69 Å². The molecule has 0 radical (unpaired) electrons. The number of nitrogens with zero attached hydrogens (tertiary/aromatic N) is 2. The van der Waals surface area contributed by atoms with Crippen LogP contribution in [0.4, 0.5) is 11.4 Å². The number of piperidine rings is 1. The van der Waals surface area contributed by atoms with Gasteiger partial charge in [-0.2, -0.15) is 0 Å². The third kappa shape index (κ3) is 2.77. The van der Waals surface area contributed by atoms with Crippen molar-refractivity contribution in [2.45, 2.75) is 39.2 Å². The lowest BCUT2D eigenvalue weighted by Crippen LogP contribution is -2.47. The lowest BCUT2D eigenvalue weighted by atomic mass is 9.88. The molecule has 1 aliphatic rings. The molecule has 1 heterocycles. The molecule has 5 nitrogen and oxygen atoms in total. The topological polar surface area (TPSA) is 72.4 Å². The third-order valence-corrected chi connectivity index (χ3v) is 4.46. The van der Waals surface area contributed by atoms with E-state index in [2.05, 4.69) is 11.8 Å². The second-order valence-corrected chi connectivity index (χ2v) is 5.56. The van der Waals surface area contributed by atoms with E-state index in [4.69, 9.17) is 5.73 Å². The molecule has 1 aliphatic heterocycles. The van der Waals surface area contributed by atoms with Gasteiger partial charge in [0.05, 0.1) is 10.5 Å². The van der Waals surface area contributed by atoms with Gasteiger partial charge in [0, 0.05) is 30.9 Å². The quantitative estimate of drug-likeness (QED) is 0.678. The van der Waals surface area contributed by atoms with E-state index in [1.54, 1.807) is 12.1 Å². The summed E-state index contributed by atoms with van der Waals surface area (Å²) in [5.41, 5.74) is 7.81. The highest BCUT2D eigenvalue weighted by Gasteiger charge is 2.29. The Kier molecular flexibility index (Phi) is 4.60. The number of nitrogens with two attached hydrogens (primary N) is 1. The summed E-state index contributed by atoms with van der Waals surface area (Å²) >= 11 is 0. The van der Waals surface area contributed by atoms with Gasteiger partial charge in [-0.3, -0.25) is 10.1 Å². The first-order valence-electron chi connectivity index (χ1n) is 7.29. The summed E-state index contributed by atoms with van der Waals surface area (Å²) in [6, 6.07) is 5.58. The van der Waals surface area contributed by atoms with Crippen molar-refractivity contribution in [1.82, 2.24) is 0 Å². The summed E-state index contributed by atoms with van der Waals surface area (Å²) in [5, 5.41) is 11.1. The standard InChI is InChI=1S/C15H23N3O2/c1-3-12-7-8-17(13(9-12)10-16)14-5-4-6-15(11(14)2)18(19)20/h4-6,12-13H,3,7-10,16H2,1-2H3. The maximum absolute atomic E-state index is 11.1. The minimum atomic E-state index is -0.310. The highest BCUT2D eigenvalue weighted by atomic mass is 16.6. The number of hydrogen-bond acceptors (Lipinski definition) is 4. The van der Waals surface area contributed by atoms with Crippen LogP contribution < -0.4 is 10.6 Å². The lowest BCUT2D eigenvalue weighted by Gasteiger charge is -2.41. The average molecular weight is 277 g/mol. The van der Waals surface area contributed by atoms with Crippen molar-refractivity contribution in [2.75, 3.05) is 18.0 Å². The van der Waals surface area contributed by atoms with Crippen LogP contribution >= 0.6 is 0 Å². The van der Waals surface area contributed by atoms with Crippen LogP contribution in [0.25, 0.3) is 0 Å². The van der Waals surface area contributed by atoms with Crippen LogP contribution in [0, 0.1) is 23.0 Å². The summed E-state index contributed by atoms with van der Waals surface area (Å²) in [7, 11) is 0. The predicted octanol–water partition coefficient (Wildman–Crippen LogP) is 2.86. The first-order valence-corrected chi connectivity index (χ1v) is 7.29. The maximum Gasteiger partial charge on any atom is 0.274 e. The van der Waals surface area contributed by atoms with E-state index >= 15 is 0 Å². The van der Waals surface area contributed by atoms with E-state index in [0.29, 0.717) is 6.54 Å². The average Bonchev–Trinajstić information content (AvgIpc) is 2.46. The van der Waals surface area contributed by atoms with Crippen LogP contribution in [0.5, 0.6) is 0 Å². The van der Waals surface area contributed by atoms with Crippen molar-refractivity contribution in [3.05, 3.63) is 33.9 Å². The molecule has 0 bridgehead atoms. The molecular formula is C15H23N3O2. The van der Waals surface area contributed by atoms with Gasteiger partial charge in [-0.15, -0.1) is 0 Å². The van der Waals surface area contributed by atoms with E-state index < -0.39 is 0 Å². The zero-order valence-electron chi connectivity index (χ0n) is 12.2. The molecular weight excluding hydrogens is 254 g/mol. The van der Waals surface area contributed by atoms with Crippen molar-refractivity contribution in [2.24, 2.45) is 11.7 Å². The molecule has 2 unspecified atom stereocenters. The predicted molar refractivity (Wildman–Crippen MR) is 81.0 cm³/mol. The van der Waals surface area contributed by atoms with Crippen LogP contribution in [-0.2, 0) is 0 Å². The molecule has 1 aromatic carbocycles. The van der Waals surface area contributed by atoms with Crippen LogP contribution in [0.15, 0.2) is 18.2 Å².